The smallest absolute Gasteiger partial charge is 0.411 e. The number of unbranched alkanes of at least 4 members (excludes halogenated alkanes) is 3. The van der Waals surface area contributed by atoms with Crippen LogP contribution in [0.1, 0.15) is 65.9 Å². The number of carbonyl (C=O) groups excluding carboxylic acids is 1. The van der Waals surface area contributed by atoms with Crippen molar-refractivity contribution in [2.75, 3.05) is 23.4 Å². The van der Waals surface area contributed by atoms with Crippen molar-refractivity contribution in [3.05, 3.63) is 23.8 Å². The van der Waals surface area contributed by atoms with Gasteiger partial charge in [-0.2, -0.15) is 0 Å². The lowest BCUT2D eigenvalue weighted by molar-refractivity contribution is 0.168. The molecule has 1 aromatic rings. The molecule has 0 aliphatic carbocycles. The minimum atomic E-state index is -0.391. The second-order valence-corrected chi connectivity index (χ2v) is 7.23. The number of amides is 1. The monoisotopic (exact) mass is 332 g/mol. The van der Waals surface area contributed by atoms with E-state index in [1.165, 1.54) is 36.9 Å². The summed E-state index contributed by atoms with van der Waals surface area (Å²) in [7, 11) is 0. The molecule has 134 valence electrons. The highest BCUT2D eigenvalue weighted by molar-refractivity contribution is 5.86. The van der Waals surface area contributed by atoms with Crippen LogP contribution in [0.3, 0.4) is 0 Å². The second-order valence-electron chi connectivity index (χ2n) is 7.23. The highest BCUT2D eigenvalue weighted by Gasteiger charge is 2.41. The Hall–Kier alpha value is -1.71. The number of nitrogens with one attached hydrogen (secondary N) is 1. The molecule has 0 bridgehead atoms. The Morgan fingerprint density at radius 3 is 2.67 bits per heavy atom. The molecule has 1 heterocycles. The molecule has 4 nitrogen and oxygen atoms in total. The van der Waals surface area contributed by atoms with E-state index in [-0.39, 0.29) is 5.41 Å². The van der Waals surface area contributed by atoms with Crippen molar-refractivity contribution in [1.29, 1.82) is 0 Å². The summed E-state index contributed by atoms with van der Waals surface area (Å²) in [5.41, 5.74) is 3.52. The van der Waals surface area contributed by atoms with Crippen molar-refractivity contribution in [1.82, 2.24) is 0 Å². The summed E-state index contributed by atoms with van der Waals surface area (Å²) in [6.07, 6.45) is 4.64. The van der Waals surface area contributed by atoms with Gasteiger partial charge in [0.05, 0.1) is 6.61 Å². The molecule has 2 rings (SSSR count). The van der Waals surface area contributed by atoms with E-state index in [2.05, 4.69) is 50.0 Å². The fourth-order valence-electron chi connectivity index (χ4n) is 3.52. The molecular weight excluding hydrogens is 300 g/mol. The molecule has 1 unspecified atom stereocenters. The summed E-state index contributed by atoms with van der Waals surface area (Å²) in [6.45, 7) is 12.4. The Morgan fingerprint density at radius 1 is 1.25 bits per heavy atom. The first kappa shape index (κ1) is 18.6. The number of nitrogens with zero attached hydrogens (tertiary/aromatic N) is 1. The van der Waals surface area contributed by atoms with Gasteiger partial charge in [-0.25, -0.2) is 4.79 Å². The standard InChI is InChI=1S/C20H32N2O2/c1-6-8-9-10-13-22-15(3)20(4,5)17-12-11-16(14-18(17)22)21-19(23)24-7-2/h11-12,14-15H,6-10,13H2,1-5H3,(H,21,23). The molecule has 1 aliphatic rings. The van der Waals surface area contributed by atoms with Crippen LogP contribution in [0.5, 0.6) is 0 Å². The fraction of sp³-hybridized carbons (Fsp3) is 0.650. The largest absolute Gasteiger partial charge is 0.450 e. The van der Waals surface area contributed by atoms with E-state index in [4.69, 9.17) is 4.74 Å². The van der Waals surface area contributed by atoms with Gasteiger partial charge in [0.15, 0.2) is 0 Å². The first-order chi connectivity index (χ1) is 11.4. The molecule has 0 saturated heterocycles. The lowest BCUT2D eigenvalue weighted by Gasteiger charge is -2.31. The molecule has 0 radical (unpaired) electrons. The van der Waals surface area contributed by atoms with E-state index in [9.17, 15) is 4.79 Å². The first-order valence-corrected chi connectivity index (χ1v) is 9.26. The van der Waals surface area contributed by atoms with Crippen molar-refractivity contribution >= 4 is 17.5 Å². The zero-order chi connectivity index (χ0) is 17.7. The highest BCUT2D eigenvalue weighted by atomic mass is 16.5. The molecule has 1 N–H and O–H groups in total. The predicted molar refractivity (Wildman–Crippen MR) is 101 cm³/mol. The minimum Gasteiger partial charge on any atom is -0.450 e. The highest BCUT2D eigenvalue weighted by Crippen LogP contribution is 2.46. The summed E-state index contributed by atoms with van der Waals surface area (Å²) >= 11 is 0. The topological polar surface area (TPSA) is 41.6 Å². The predicted octanol–water partition coefficient (Wildman–Crippen LogP) is 5.32. The number of carbonyl (C=O) groups is 1. The summed E-state index contributed by atoms with van der Waals surface area (Å²) in [4.78, 5) is 14.2. The van der Waals surface area contributed by atoms with Gasteiger partial charge < -0.3 is 9.64 Å². The normalized spacial score (nSPS) is 18.4. The fourth-order valence-corrected chi connectivity index (χ4v) is 3.52. The van der Waals surface area contributed by atoms with Gasteiger partial charge in [0.1, 0.15) is 0 Å². The number of hydrogen-bond acceptors (Lipinski definition) is 3. The summed E-state index contributed by atoms with van der Waals surface area (Å²) in [5.74, 6) is 0. The molecule has 1 atom stereocenters. The van der Waals surface area contributed by atoms with Crippen LogP contribution in [0.15, 0.2) is 18.2 Å². The maximum absolute atomic E-state index is 11.7. The van der Waals surface area contributed by atoms with Crippen LogP contribution in [-0.2, 0) is 10.2 Å². The van der Waals surface area contributed by atoms with Crippen LogP contribution in [0.4, 0.5) is 16.2 Å². The summed E-state index contributed by atoms with van der Waals surface area (Å²) in [5, 5.41) is 2.82. The average Bonchev–Trinajstić information content (AvgIpc) is 2.72. The minimum absolute atomic E-state index is 0.114. The molecule has 1 aromatic carbocycles. The Balaban J connectivity index is 2.19. The van der Waals surface area contributed by atoms with Gasteiger partial charge in [-0.1, -0.05) is 46.1 Å². The van der Waals surface area contributed by atoms with Gasteiger partial charge in [-0.15, -0.1) is 0 Å². The molecule has 1 aliphatic heterocycles. The van der Waals surface area contributed by atoms with Crippen molar-refractivity contribution < 1.29 is 9.53 Å². The van der Waals surface area contributed by atoms with Crippen LogP contribution in [-0.4, -0.2) is 25.3 Å². The van der Waals surface area contributed by atoms with E-state index in [0.29, 0.717) is 12.6 Å². The van der Waals surface area contributed by atoms with E-state index in [1.807, 2.05) is 13.0 Å². The van der Waals surface area contributed by atoms with Crippen molar-refractivity contribution in [2.45, 2.75) is 71.8 Å². The molecule has 4 heteroatoms. The van der Waals surface area contributed by atoms with Gasteiger partial charge in [0, 0.05) is 29.4 Å². The summed E-state index contributed by atoms with van der Waals surface area (Å²) < 4.78 is 4.98. The Kier molecular flexibility index (Phi) is 6.14. The third kappa shape index (κ3) is 3.85. The third-order valence-corrected chi connectivity index (χ3v) is 5.29. The van der Waals surface area contributed by atoms with Gasteiger partial charge in [-0.05, 0) is 38.0 Å². The molecule has 24 heavy (non-hydrogen) atoms. The van der Waals surface area contributed by atoms with Crippen LogP contribution in [0.2, 0.25) is 0 Å². The van der Waals surface area contributed by atoms with Crippen molar-refractivity contribution in [3.8, 4) is 0 Å². The molecule has 0 spiro atoms. The zero-order valence-corrected chi connectivity index (χ0v) is 15.8. The molecule has 0 saturated carbocycles. The third-order valence-electron chi connectivity index (χ3n) is 5.29. The van der Waals surface area contributed by atoms with E-state index in [0.717, 1.165) is 12.2 Å². The van der Waals surface area contributed by atoms with Crippen molar-refractivity contribution in [2.24, 2.45) is 0 Å². The lowest BCUT2D eigenvalue weighted by Crippen LogP contribution is -2.39. The maximum atomic E-state index is 11.7. The Morgan fingerprint density at radius 2 is 2.00 bits per heavy atom. The lowest BCUT2D eigenvalue weighted by atomic mass is 9.81. The molecule has 0 aromatic heterocycles. The Labute approximate surface area is 146 Å². The second kappa shape index (κ2) is 7.91. The van der Waals surface area contributed by atoms with Gasteiger partial charge >= 0.3 is 6.09 Å². The average molecular weight is 332 g/mol. The number of fused-ring (bicyclic) bond motifs is 1. The van der Waals surface area contributed by atoms with E-state index >= 15 is 0 Å². The van der Waals surface area contributed by atoms with Crippen molar-refractivity contribution in [3.63, 3.8) is 0 Å². The molecule has 0 fully saturated rings. The number of rotatable bonds is 7. The number of benzene rings is 1. The summed E-state index contributed by atoms with van der Waals surface area (Å²) in [6, 6.07) is 6.67. The number of ether oxygens (including phenoxy) is 1. The van der Waals surface area contributed by atoms with Crippen LogP contribution in [0.25, 0.3) is 0 Å². The van der Waals surface area contributed by atoms with E-state index in [1.54, 1.807) is 0 Å². The van der Waals surface area contributed by atoms with Crippen LogP contribution in [0, 0.1) is 0 Å². The van der Waals surface area contributed by atoms with E-state index < -0.39 is 6.09 Å². The Bertz CT molecular complexity index is 569. The maximum Gasteiger partial charge on any atom is 0.411 e. The quantitative estimate of drug-likeness (QED) is 0.687. The molecule has 1 amide bonds. The zero-order valence-electron chi connectivity index (χ0n) is 15.8. The van der Waals surface area contributed by atoms with Crippen LogP contribution < -0.4 is 10.2 Å². The first-order valence-electron chi connectivity index (χ1n) is 9.26. The number of hydrogen-bond donors (Lipinski definition) is 1. The van der Waals surface area contributed by atoms with Gasteiger partial charge in [0.2, 0.25) is 0 Å². The van der Waals surface area contributed by atoms with Gasteiger partial charge in [-0.3, -0.25) is 5.32 Å². The van der Waals surface area contributed by atoms with Crippen LogP contribution >= 0.6 is 0 Å². The molecular formula is C20H32N2O2. The SMILES string of the molecule is CCCCCCN1c2cc(NC(=O)OCC)ccc2C(C)(C)C1C. The number of anilines is 2. The van der Waals surface area contributed by atoms with Gasteiger partial charge in [0.25, 0.3) is 0 Å².